The van der Waals surface area contributed by atoms with Crippen LogP contribution in [0.3, 0.4) is 0 Å². The highest BCUT2D eigenvalue weighted by Gasteiger charge is 2.15. The first-order valence-corrected chi connectivity index (χ1v) is 9.23. The summed E-state index contributed by atoms with van der Waals surface area (Å²) in [6.07, 6.45) is 1.63. The highest BCUT2D eigenvalue weighted by atomic mass is 35.5. The number of carbonyl (C=O) groups excluding carboxylic acids is 2. The van der Waals surface area contributed by atoms with Crippen LogP contribution in [0.1, 0.15) is 17.3 Å². The number of hydrogen-bond donors (Lipinski definition) is 2. The summed E-state index contributed by atoms with van der Waals surface area (Å²) in [5.41, 5.74) is 2.38. The van der Waals surface area contributed by atoms with Crippen LogP contribution in [0, 0.1) is 0 Å². The van der Waals surface area contributed by atoms with Gasteiger partial charge in [0.2, 0.25) is 5.91 Å². The van der Waals surface area contributed by atoms with E-state index in [9.17, 15) is 9.59 Å². The SMILES string of the molecule is CC(=O)Nc1ccc2nc(NC(=O)c3cc(Cl)cc4cccnc34)sc2c1. The molecule has 0 spiro atoms. The Morgan fingerprint density at radius 2 is 1.96 bits per heavy atom. The summed E-state index contributed by atoms with van der Waals surface area (Å²) in [5, 5.41) is 7.25. The van der Waals surface area contributed by atoms with Crippen LogP contribution in [0.25, 0.3) is 21.1 Å². The molecule has 0 fully saturated rings. The van der Waals surface area contributed by atoms with Crippen LogP contribution in [-0.4, -0.2) is 21.8 Å². The van der Waals surface area contributed by atoms with Gasteiger partial charge >= 0.3 is 0 Å². The number of thiazole rings is 1. The molecule has 0 saturated heterocycles. The third-order valence-electron chi connectivity index (χ3n) is 3.84. The Hall–Kier alpha value is -3.03. The number of halogens is 1. The molecule has 8 heteroatoms. The van der Waals surface area contributed by atoms with Crippen LogP contribution in [0.15, 0.2) is 48.7 Å². The minimum absolute atomic E-state index is 0.146. The average Bonchev–Trinajstić information content (AvgIpc) is 3.01. The highest BCUT2D eigenvalue weighted by molar-refractivity contribution is 7.22. The van der Waals surface area contributed by atoms with E-state index in [0.29, 0.717) is 26.9 Å². The van der Waals surface area contributed by atoms with E-state index in [0.717, 1.165) is 15.6 Å². The molecular formula is C19H13ClN4O2S. The number of hydrogen-bond acceptors (Lipinski definition) is 5. The number of amides is 2. The number of rotatable bonds is 3. The molecule has 0 aliphatic heterocycles. The van der Waals surface area contributed by atoms with E-state index in [1.54, 1.807) is 36.5 Å². The van der Waals surface area contributed by atoms with Gasteiger partial charge in [-0.15, -0.1) is 0 Å². The molecule has 0 atom stereocenters. The summed E-state index contributed by atoms with van der Waals surface area (Å²) in [6, 6.07) is 12.4. The zero-order valence-electron chi connectivity index (χ0n) is 14.1. The van der Waals surface area contributed by atoms with Crippen molar-refractivity contribution in [1.82, 2.24) is 9.97 Å². The van der Waals surface area contributed by atoms with Crippen LogP contribution in [-0.2, 0) is 4.79 Å². The topological polar surface area (TPSA) is 84.0 Å². The average molecular weight is 397 g/mol. The first kappa shape index (κ1) is 17.4. The number of nitrogens with one attached hydrogen (secondary N) is 2. The van der Waals surface area contributed by atoms with Gasteiger partial charge in [-0.1, -0.05) is 29.0 Å². The van der Waals surface area contributed by atoms with Crippen molar-refractivity contribution >= 4 is 66.7 Å². The summed E-state index contributed by atoms with van der Waals surface area (Å²) in [5.74, 6) is -0.477. The lowest BCUT2D eigenvalue weighted by Gasteiger charge is -2.06. The second-order valence-electron chi connectivity index (χ2n) is 5.87. The van der Waals surface area contributed by atoms with Crippen molar-refractivity contribution in [3.63, 3.8) is 0 Å². The smallest absolute Gasteiger partial charge is 0.259 e. The van der Waals surface area contributed by atoms with E-state index in [-0.39, 0.29) is 11.8 Å². The molecule has 2 N–H and O–H groups in total. The molecule has 2 heterocycles. The van der Waals surface area contributed by atoms with Gasteiger partial charge in [-0.2, -0.15) is 0 Å². The number of nitrogens with zero attached hydrogens (tertiary/aromatic N) is 2. The molecule has 6 nitrogen and oxygen atoms in total. The Bertz CT molecular complexity index is 1200. The molecule has 0 bridgehead atoms. The monoisotopic (exact) mass is 396 g/mol. The molecule has 27 heavy (non-hydrogen) atoms. The summed E-state index contributed by atoms with van der Waals surface area (Å²) in [7, 11) is 0. The second kappa shape index (κ2) is 6.94. The Morgan fingerprint density at radius 3 is 2.78 bits per heavy atom. The van der Waals surface area contributed by atoms with E-state index in [1.807, 2.05) is 12.1 Å². The van der Waals surface area contributed by atoms with Crippen molar-refractivity contribution in [3.05, 3.63) is 59.2 Å². The van der Waals surface area contributed by atoms with Gasteiger partial charge < -0.3 is 5.32 Å². The zero-order valence-corrected chi connectivity index (χ0v) is 15.7. The molecule has 4 aromatic rings. The van der Waals surface area contributed by atoms with E-state index in [1.165, 1.54) is 18.3 Å². The van der Waals surface area contributed by atoms with E-state index < -0.39 is 0 Å². The maximum absolute atomic E-state index is 12.8. The van der Waals surface area contributed by atoms with Crippen molar-refractivity contribution in [2.75, 3.05) is 10.6 Å². The first-order chi connectivity index (χ1) is 13.0. The molecule has 2 amide bonds. The van der Waals surface area contributed by atoms with Gasteiger partial charge in [0.15, 0.2) is 5.13 Å². The highest BCUT2D eigenvalue weighted by Crippen LogP contribution is 2.29. The largest absolute Gasteiger partial charge is 0.326 e. The Labute approximate surface area is 163 Å². The van der Waals surface area contributed by atoms with Crippen LogP contribution in [0.4, 0.5) is 10.8 Å². The van der Waals surface area contributed by atoms with Crippen molar-refractivity contribution in [2.45, 2.75) is 6.92 Å². The van der Waals surface area contributed by atoms with Crippen LogP contribution >= 0.6 is 22.9 Å². The second-order valence-corrected chi connectivity index (χ2v) is 7.33. The number of carbonyl (C=O) groups is 2. The molecule has 0 radical (unpaired) electrons. The minimum atomic E-state index is -0.331. The molecule has 134 valence electrons. The van der Waals surface area contributed by atoms with Crippen molar-refractivity contribution in [3.8, 4) is 0 Å². The summed E-state index contributed by atoms with van der Waals surface area (Å²) in [6.45, 7) is 1.45. The quantitative estimate of drug-likeness (QED) is 0.525. The molecule has 0 aliphatic rings. The molecule has 0 aliphatic carbocycles. The summed E-state index contributed by atoms with van der Waals surface area (Å²) >= 11 is 7.46. The maximum atomic E-state index is 12.8. The summed E-state index contributed by atoms with van der Waals surface area (Å²) in [4.78, 5) is 32.7. The third-order valence-corrected chi connectivity index (χ3v) is 5.00. The van der Waals surface area contributed by atoms with Gasteiger partial charge in [-0.3, -0.25) is 19.9 Å². The predicted molar refractivity (Wildman–Crippen MR) is 109 cm³/mol. The van der Waals surface area contributed by atoms with E-state index in [4.69, 9.17) is 11.6 Å². The fraction of sp³-hybridized carbons (Fsp3) is 0.0526. The van der Waals surface area contributed by atoms with Gasteiger partial charge in [0.25, 0.3) is 5.91 Å². The summed E-state index contributed by atoms with van der Waals surface area (Å²) < 4.78 is 0.852. The van der Waals surface area contributed by atoms with Gasteiger partial charge in [0.05, 0.1) is 21.3 Å². The number of fused-ring (bicyclic) bond motifs is 2. The van der Waals surface area contributed by atoms with Crippen molar-refractivity contribution in [2.24, 2.45) is 0 Å². The molecule has 0 unspecified atom stereocenters. The Morgan fingerprint density at radius 1 is 1.11 bits per heavy atom. The van der Waals surface area contributed by atoms with Gasteiger partial charge in [0, 0.05) is 29.2 Å². The molecule has 4 rings (SSSR count). The van der Waals surface area contributed by atoms with Gasteiger partial charge in [-0.25, -0.2) is 4.98 Å². The van der Waals surface area contributed by atoms with E-state index >= 15 is 0 Å². The van der Waals surface area contributed by atoms with Crippen LogP contribution < -0.4 is 10.6 Å². The van der Waals surface area contributed by atoms with Crippen LogP contribution in [0.5, 0.6) is 0 Å². The molecule has 2 aromatic heterocycles. The van der Waals surface area contributed by atoms with Crippen molar-refractivity contribution in [1.29, 1.82) is 0 Å². The van der Waals surface area contributed by atoms with E-state index in [2.05, 4.69) is 20.6 Å². The lowest BCUT2D eigenvalue weighted by molar-refractivity contribution is -0.114. The molecular weight excluding hydrogens is 384 g/mol. The minimum Gasteiger partial charge on any atom is -0.326 e. The normalized spacial score (nSPS) is 10.9. The molecule has 2 aromatic carbocycles. The fourth-order valence-corrected chi connectivity index (χ4v) is 3.88. The third kappa shape index (κ3) is 3.60. The van der Waals surface area contributed by atoms with Crippen molar-refractivity contribution < 1.29 is 9.59 Å². The first-order valence-electron chi connectivity index (χ1n) is 8.03. The number of anilines is 2. The number of benzene rings is 2. The molecule has 0 saturated carbocycles. The lowest BCUT2D eigenvalue weighted by atomic mass is 10.1. The maximum Gasteiger partial charge on any atom is 0.259 e. The predicted octanol–water partition coefficient (Wildman–Crippen LogP) is 4.71. The lowest BCUT2D eigenvalue weighted by Crippen LogP contribution is -2.12. The Kier molecular flexibility index (Phi) is 4.47. The zero-order chi connectivity index (χ0) is 19.0. The van der Waals surface area contributed by atoms with Gasteiger partial charge in [-0.05, 0) is 36.4 Å². The standard InChI is InChI=1S/C19H13ClN4O2S/c1-10(25)22-13-4-5-15-16(9-13)27-19(23-15)24-18(26)14-8-12(20)7-11-3-2-6-21-17(11)14/h2-9H,1H3,(H,22,25)(H,23,24,26). The number of aromatic nitrogens is 2. The fourth-order valence-electron chi connectivity index (χ4n) is 2.75. The van der Waals surface area contributed by atoms with Crippen LogP contribution in [0.2, 0.25) is 5.02 Å². The van der Waals surface area contributed by atoms with Gasteiger partial charge in [0.1, 0.15) is 0 Å². The number of pyridine rings is 1. The Balaban J connectivity index is 1.66.